The number of hydrogen-bond acceptors (Lipinski definition) is 3. The lowest BCUT2D eigenvalue weighted by atomic mass is 10.0. The van der Waals surface area contributed by atoms with Gasteiger partial charge < -0.3 is 15.4 Å². The minimum Gasteiger partial charge on any atom is -0.496 e. The number of nitrogens with one attached hydrogen (secondary N) is 2. The number of rotatable bonds is 5. The number of benzene rings is 1. The highest BCUT2D eigenvalue weighted by Gasteiger charge is 2.14. The normalized spacial score (nSPS) is 19.2. The van der Waals surface area contributed by atoms with Gasteiger partial charge in [-0.15, -0.1) is 0 Å². The van der Waals surface area contributed by atoms with Crippen LogP contribution < -0.4 is 15.4 Å². The highest BCUT2D eigenvalue weighted by molar-refractivity contribution is 5.41. The molecule has 1 atom stereocenters. The molecular formula is C15H24N2O. The van der Waals surface area contributed by atoms with Crippen molar-refractivity contribution in [1.29, 1.82) is 0 Å². The maximum Gasteiger partial charge on any atom is 0.123 e. The summed E-state index contributed by atoms with van der Waals surface area (Å²) >= 11 is 0. The third kappa shape index (κ3) is 3.24. The molecule has 1 unspecified atom stereocenters. The number of methoxy groups -OCH3 is 1. The Balaban J connectivity index is 1.93. The van der Waals surface area contributed by atoms with Gasteiger partial charge in [0.15, 0.2) is 0 Å². The molecule has 0 aliphatic carbocycles. The van der Waals surface area contributed by atoms with Gasteiger partial charge in [-0.25, -0.2) is 0 Å². The van der Waals surface area contributed by atoms with Crippen LogP contribution in [0.3, 0.4) is 0 Å². The molecule has 2 N–H and O–H groups in total. The van der Waals surface area contributed by atoms with Crippen LogP contribution in [0, 0.1) is 19.8 Å². The van der Waals surface area contributed by atoms with Crippen molar-refractivity contribution < 1.29 is 4.74 Å². The second kappa shape index (κ2) is 6.21. The minimum absolute atomic E-state index is 0.780. The summed E-state index contributed by atoms with van der Waals surface area (Å²) in [5.74, 6) is 1.78. The summed E-state index contributed by atoms with van der Waals surface area (Å²) in [5.41, 5.74) is 3.87. The van der Waals surface area contributed by atoms with Gasteiger partial charge in [-0.2, -0.15) is 0 Å². The summed E-state index contributed by atoms with van der Waals surface area (Å²) < 4.78 is 5.45. The Morgan fingerprint density at radius 1 is 1.33 bits per heavy atom. The van der Waals surface area contributed by atoms with E-state index >= 15 is 0 Å². The fourth-order valence-corrected chi connectivity index (χ4v) is 2.48. The van der Waals surface area contributed by atoms with Crippen LogP contribution >= 0.6 is 0 Å². The summed E-state index contributed by atoms with van der Waals surface area (Å²) in [6.07, 6.45) is 1.29. The zero-order valence-corrected chi connectivity index (χ0v) is 11.7. The van der Waals surface area contributed by atoms with Crippen LogP contribution in [-0.2, 0) is 6.54 Å². The molecule has 18 heavy (non-hydrogen) atoms. The lowest BCUT2D eigenvalue weighted by Gasteiger charge is -2.14. The Morgan fingerprint density at radius 2 is 2.11 bits per heavy atom. The molecule has 1 aromatic rings. The van der Waals surface area contributed by atoms with E-state index in [0.29, 0.717) is 0 Å². The van der Waals surface area contributed by atoms with Crippen molar-refractivity contribution in [2.45, 2.75) is 26.8 Å². The Bertz CT molecular complexity index is 398. The van der Waals surface area contributed by atoms with E-state index in [1.807, 2.05) is 0 Å². The average Bonchev–Trinajstić information content (AvgIpc) is 2.86. The van der Waals surface area contributed by atoms with Crippen LogP contribution in [-0.4, -0.2) is 26.7 Å². The van der Waals surface area contributed by atoms with Crippen LogP contribution in [0.1, 0.15) is 23.1 Å². The SMILES string of the molecule is COc1cc(C)c(C)cc1CNCC1CCNC1. The smallest absolute Gasteiger partial charge is 0.123 e. The van der Waals surface area contributed by atoms with Gasteiger partial charge in [0, 0.05) is 12.1 Å². The largest absolute Gasteiger partial charge is 0.496 e. The molecule has 1 fully saturated rings. The molecule has 0 saturated carbocycles. The van der Waals surface area contributed by atoms with Crippen molar-refractivity contribution in [2.24, 2.45) is 5.92 Å². The Labute approximate surface area is 110 Å². The van der Waals surface area contributed by atoms with E-state index in [-0.39, 0.29) is 0 Å². The minimum atomic E-state index is 0.780. The van der Waals surface area contributed by atoms with Crippen molar-refractivity contribution in [1.82, 2.24) is 10.6 Å². The van der Waals surface area contributed by atoms with E-state index < -0.39 is 0 Å². The van der Waals surface area contributed by atoms with E-state index in [2.05, 4.69) is 36.6 Å². The van der Waals surface area contributed by atoms with Crippen molar-refractivity contribution in [3.8, 4) is 5.75 Å². The molecule has 0 amide bonds. The van der Waals surface area contributed by atoms with Gasteiger partial charge in [0.05, 0.1) is 7.11 Å². The summed E-state index contributed by atoms with van der Waals surface area (Å²) in [7, 11) is 1.74. The molecule has 1 aliphatic heterocycles. The van der Waals surface area contributed by atoms with Crippen molar-refractivity contribution in [3.63, 3.8) is 0 Å². The number of aryl methyl sites for hydroxylation is 2. The van der Waals surface area contributed by atoms with Gasteiger partial charge >= 0.3 is 0 Å². The zero-order valence-electron chi connectivity index (χ0n) is 11.7. The van der Waals surface area contributed by atoms with Gasteiger partial charge in [-0.3, -0.25) is 0 Å². The first kappa shape index (κ1) is 13.4. The van der Waals surface area contributed by atoms with Gasteiger partial charge in [-0.1, -0.05) is 6.07 Å². The molecule has 2 rings (SSSR count). The van der Waals surface area contributed by atoms with Crippen LogP contribution in [0.15, 0.2) is 12.1 Å². The summed E-state index contributed by atoms with van der Waals surface area (Å²) in [5, 5.41) is 6.94. The maximum atomic E-state index is 5.45. The van der Waals surface area contributed by atoms with E-state index in [1.165, 1.54) is 29.7 Å². The number of ether oxygens (including phenoxy) is 1. The highest BCUT2D eigenvalue weighted by atomic mass is 16.5. The van der Waals surface area contributed by atoms with E-state index in [0.717, 1.165) is 31.3 Å². The molecular weight excluding hydrogens is 224 g/mol. The predicted octanol–water partition coefficient (Wildman–Crippen LogP) is 2.01. The molecule has 0 aromatic heterocycles. The summed E-state index contributed by atoms with van der Waals surface area (Å²) in [6, 6.07) is 4.36. The molecule has 0 radical (unpaired) electrons. The molecule has 3 heteroatoms. The molecule has 3 nitrogen and oxygen atoms in total. The Hall–Kier alpha value is -1.06. The molecule has 1 aliphatic rings. The molecule has 100 valence electrons. The van der Waals surface area contributed by atoms with Crippen LogP contribution in [0.5, 0.6) is 5.75 Å². The maximum absolute atomic E-state index is 5.45. The predicted molar refractivity (Wildman–Crippen MR) is 75.2 cm³/mol. The standard InChI is InChI=1S/C15H24N2O/c1-11-6-14(15(18-3)7-12(11)2)10-17-9-13-4-5-16-8-13/h6-7,13,16-17H,4-5,8-10H2,1-3H3. The zero-order chi connectivity index (χ0) is 13.0. The quantitative estimate of drug-likeness (QED) is 0.836. The molecule has 1 aromatic carbocycles. The van der Waals surface area contributed by atoms with Crippen LogP contribution in [0.2, 0.25) is 0 Å². The van der Waals surface area contributed by atoms with Gasteiger partial charge in [0.25, 0.3) is 0 Å². The fraction of sp³-hybridized carbons (Fsp3) is 0.600. The molecule has 1 saturated heterocycles. The van der Waals surface area contributed by atoms with Crippen LogP contribution in [0.25, 0.3) is 0 Å². The van der Waals surface area contributed by atoms with E-state index in [1.54, 1.807) is 7.11 Å². The summed E-state index contributed by atoms with van der Waals surface area (Å²) in [6.45, 7) is 8.57. The number of hydrogen-bond donors (Lipinski definition) is 2. The summed E-state index contributed by atoms with van der Waals surface area (Å²) in [4.78, 5) is 0. The topological polar surface area (TPSA) is 33.3 Å². The van der Waals surface area contributed by atoms with Gasteiger partial charge in [-0.05, 0) is 63.0 Å². The van der Waals surface area contributed by atoms with Crippen molar-refractivity contribution >= 4 is 0 Å². The molecule has 0 bridgehead atoms. The third-order valence-corrected chi connectivity index (χ3v) is 3.81. The monoisotopic (exact) mass is 248 g/mol. The second-order valence-electron chi connectivity index (χ2n) is 5.24. The first-order valence-electron chi connectivity index (χ1n) is 6.76. The third-order valence-electron chi connectivity index (χ3n) is 3.81. The van der Waals surface area contributed by atoms with Crippen LogP contribution in [0.4, 0.5) is 0 Å². The molecule has 0 spiro atoms. The lowest BCUT2D eigenvalue weighted by Crippen LogP contribution is -2.24. The first-order chi connectivity index (χ1) is 8.70. The fourth-order valence-electron chi connectivity index (χ4n) is 2.48. The van der Waals surface area contributed by atoms with E-state index in [9.17, 15) is 0 Å². The van der Waals surface area contributed by atoms with Crippen molar-refractivity contribution in [2.75, 3.05) is 26.7 Å². The molecule has 1 heterocycles. The highest BCUT2D eigenvalue weighted by Crippen LogP contribution is 2.22. The van der Waals surface area contributed by atoms with Gasteiger partial charge in [0.1, 0.15) is 5.75 Å². The Kier molecular flexibility index (Phi) is 4.61. The van der Waals surface area contributed by atoms with E-state index in [4.69, 9.17) is 4.74 Å². The first-order valence-corrected chi connectivity index (χ1v) is 6.76. The lowest BCUT2D eigenvalue weighted by molar-refractivity contribution is 0.405. The Morgan fingerprint density at radius 3 is 2.78 bits per heavy atom. The second-order valence-corrected chi connectivity index (χ2v) is 5.24. The average molecular weight is 248 g/mol. The van der Waals surface area contributed by atoms with Crippen molar-refractivity contribution in [3.05, 3.63) is 28.8 Å². The van der Waals surface area contributed by atoms with Gasteiger partial charge in [0.2, 0.25) is 0 Å².